The zero-order valence-corrected chi connectivity index (χ0v) is 21.4. The molecule has 0 aromatic carbocycles. The highest BCUT2D eigenvalue weighted by molar-refractivity contribution is 6.11. The largest absolute Gasteiger partial charge is 0.370 e. The zero-order chi connectivity index (χ0) is 29.9. The van der Waals surface area contributed by atoms with Gasteiger partial charge in [-0.2, -0.15) is 31.6 Å². The lowest BCUT2D eigenvalue weighted by Crippen LogP contribution is -2.37. The monoisotopic (exact) mass is 542 g/mol. The summed E-state index contributed by atoms with van der Waals surface area (Å²) in [4.78, 5) is 23.8. The van der Waals surface area contributed by atoms with Gasteiger partial charge in [0, 0.05) is 36.5 Å². The highest BCUT2D eigenvalue weighted by atomic mass is 15.1. The number of allylic oxidation sites excluding steroid dienone is 8. The molecule has 0 saturated heterocycles. The van der Waals surface area contributed by atoms with E-state index in [2.05, 4.69) is 5.32 Å². The molecule has 1 N–H and O–H groups in total. The van der Waals surface area contributed by atoms with Gasteiger partial charge in [-0.15, -0.1) is 0 Å². The van der Waals surface area contributed by atoms with E-state index in [0.717, 1.165) is 0 Å². The van der Waals surface area contributed by atoms with Gasteiger partial charge in [0.1, 0.15) is 23.1 Å². The van der Waals surface area contributed by atoms with Crippen molar-refractivity contribution >= 4 is 30.0 Å². The fourth-order valence-corrected chi connectivity index (χ4v) is 4.05. The van der Waals surface area contributed by atoms with Gasteiger partial charge in [-0.05, 0) is 36.5 Å². The Bertz CT molecular complexity index is 1980. The van der Waals surface area contributed by atoms with Crippen molar-refractivity contribution in [2.24, 2.45) is 4.99 Å². The standard InChI is InChI=1S/C30H14N12/c31-13-1-7-19-20(8-2-14-32)38-26-25(37-19)27-29(41-22(10-4-16-34)21(39-27)9-3-15-33)30-28(26)40-23(11-5-17-35)24(42-30)12-6-18-36/h1-12,25,37H/b7-1+,8-2+,9-3+,10-4+,11-5+,12-6+. The van der Waals surface area contributed by atoms with Crippen LogP contribution >= 0.6 is 0 Å². The molecule has 12 nitrogen and oxygen atoms in total. The number of fused-ring (bicyclic) bond motifs is 6. The van der Waals surface area contributed by atoms with Crippen LogP contribution in [0.3, 0.4) is 0 Å². The first kappa shape index (κ1) is 27.8. The summed E-state index contributed by atoms with van der Waals surface area (Å²) in [5.74, 6) is 0. The van der Waals surface area contributed by atoms with Crippen molar-refractivity contribution in [2.75, 3.05) is 0 Å². The Morgan fingerprint density at radius 3 is 1.45 bits per heavy atom. The van der Waals surface area contributed by atoms with Crippen LogP contribution in [0, 0.1) is 68.0 Å². The molecule has 194 valence electrons. The van der Waals surface area contributed by atoms with E-state index in [0.29, 0.717) is 39.9 Å². The van der Waals surface area contributed by atoms with Crippen LogP contribution in [0.5, 0.6) is 0 Å². The summed E-state index contributed by atoms with van der Waals surface area (Å²) in [5.41, 5.74) is 3.47. The number of aromatic nitrogens is 4. The molecule has 1 unspecified atom stereocenters. The van der Waals surface area contributed by atoms with Crippen LogP contribution in [0.25, 0.3) is 35.7 Å². The number of rotatable bonds is 6. The quantitative estimate of drug-likeness (QED) is 0.516. The smallest absolute Gasteiger partial charge is 0.119 e. The van der Waals surface area contributed by atoms with E-state index in [1.165, 1.54) is 72.9 Å². The van der Waals surface area contributed by atoms with Crippen LogP contribution in [0.1, 0.15) is 40.2 Å². The topological polar surface area (TPSA) is 219 Å². The normalized spacial score (nSPS) is 15.4. The molecular weight excluding hydrogens is 528 g/mol. The Morgan fingerprint density at radius 1 is 0.500 bits per heavy atom. The highest BCUT2D eigenvalue weighted by Gasteiger charge is 2.39. The average Bonchev–Trinajstić information content (AvgIpc) is 3.01. The van der Waals surface area contributed by atoms with E-state index < -0.39 is 6.04 Å². The fourth-order valence-electron chi connectivity index (χ4n) is 4.05. The fraction of sp³-hybridized carbons (Fsp3) is 0.0333. The molecule has 0 bridgehead atoms. The van der Waals surface area contributed by atoms with Gasteiger partial charge in [-0.1, -0.05) is 0 Å². The van der Waals surface area contributed by atoms with Crippen LogP contribution in [-0.4, -0.2) is 25.6 Å². The maximum atomic E-state index is 9.14. The van der Waals surface area contributed by atoms with Gasteiger partial charge in [0.15, 0.2) is 0 Å². The van der Waals surface area contributed by atoms with Crippen molar-refractivity contribution in [2.45, 2.75) is 6.04 Å². The number of aliphatic imine (C=N–C) groups is 1. The van der Waals surface area contributed by atoms with E-state index in [-0.39, 0.29) is 22.8 Å². The molecule has 1 aliphatic heterocycles. The van der Waals surface area contributed by atoms with Gasteiger partial charge >= 0.3 is 0 Å². The highest BCUT2D eigenvalue weighted by Crippen LogP contribution is 2.39. The summed E-state index contributed by atoms with van der Waals surface area (Å²) < 4.78 is 0. The molecule has 4 rings (SSSR count). The van der Waals surface area contributed by atoms with Crippen LogP contribution in [0.2, 0.25) is 0 Å². The van der Waals surface area contributed by atoms with Gasteiger partial charge in [-0.25, -0.2) is 24.9 Å². The third kappa shape index (κ3) is 5.60. The van der Waals surface area contributed by atoms with E-state index in [4.69, 9.17) is 56.5 Å². The Labute approximate surface area is 239 Å². The SMILES string of the molecule is N#C/C=C/C1=C(/C=C/C#N)NC2C(=N1)c1nc(/C=C/C#N)c(/C=C/C#N)nc1-c1nc(/C=C/C#N)c(/C=C/C#N)nc12. The summed E-state index contributed by atoms with van der Waals surface area (Å²) in [6.07, 6.45) is 16.1. The predicted octanol–water partition coefficient (Wildman–Crippen LogP) is 3.90. The van der Waals surface area contributed by atoms with E-state index in [9.17, 15) is 0 Å². The predicted molar refractivity (Wildman–Crippen MR) is 151 cm³/mol. The zero-order valence-electron chi connectivity index (χ0n) is 21.4. The second kappa shape index (κ2) is 13.0. The molecule has 0 amide bonds. The van der Waals surface area contributed by atoms with Crippen molar-refractivity contribution < 1.29 is 0 Å². The summed E-state index contributed by atoms with van der Waals surface area (Å²) in [7, 11) is 0. The van der Waals surface area contributed by atoms with E-state index in [1.807, 2.05) is 36.4 Å². The van der Waals surface area contributed by atoms with Gasteiger partial charge in [0.2, 0.25) is 0 Å². The first-order chi connectivity index (χ1) is 20.6. The van der Waals surface area contributed by atoms with Crippen molar-refractivity contribution in [3.8, 4) is 47.8 Å². The molecule has 42 heavy (non-hydrogen) atoms. The minimum Gasteiger partial charge on any atom is -0.370 e. The van der Waals surface area contributed by atoms with Crippen LogP contribution in [-0.2, 0) is 0 Å². The third-order valence-electron chi connectivity index (χ3n) is 5.66. The Hall–Kier alpha value is -7.25. The molecule has 12 heteroatoms. The molecule has 3 heterocycles. The molecule has 0 spiro atoms. The summed E-state index contributed by atoms with van der Waals surface area (Å²) in [6.45, 7) is 0. The number of nitrogens with zero attached hydrogens (tertiary/aromatic N) is 11. The number of nitrogens with one attached hydrogen (secondary N) is 1. The lowest BCUT2D eigenvalue weighted by atomic mass is 9.90. The van der Waals surface area contributed by atoms with Crippen molar-refractivity contribution in [1.82, 2.24) is 25.3 Å². The van der Waals surface area contributed by atoms with Crippen molar-refractivity contribution in [3.63, 3.8) is 0 Å². The van der Waals surface area contributed by atoms with Crippen LogP contribution in [0.15, 0.2) is 65.0 Å². The van der Waals surface area contributed by atoms with Gasteiger partial charge in [-0.3, -0.25) is 0 Å². The summed E-state index contributed by atoms with van der Waals surface area (Å²) in [5, 5.41) is 58.1. The number of nitriles is 6. The third-order valence-corrected chi connectivity index (χ3v) is 5.66. The molecule has 0 fully saturated rings. The lowest BCUT2D eigenvalue weighted by Gasteiger charge is -2.32. The van der Waals surface area contributed by atoms with Gasteiger partial charge in [0.05, 0.1) is 82.0 Å². The Morgan fingerprint density at radius 2 is 0.929 bits per heavy atom. The number of hydrogen-bond donors (Lipinski definition) is 1. The molecular formula is C30H14N12. The van der Waals surface area contributed by atoms with Gasteiger partial charge < -0.3 is 5.32 Å². The average molecular weight is 543 g/mol. The number of hydrogen-bond acceptors (Lipinski definition) is 12. The molecule has 2 aromatic heterocycles. The van der Waals surface area contributed by atoms with Gasteiger partial charge in [0.25, 0.3) is 0 Å². The van der Waals surface area contributed by atoms with E-state index in [1.54, 1.807) is 0 Å². The van der Waals surface area contributed by atoms with E-state index >= 15 is 0 Å². The maximum absolute atomic E-state index is 9.14. The summed E-state index contributed by atoms with van der Waals surface area (Å²) >= 11 is 0. The van der Waals surface area contributed by atoms with Crippen molar-refractivity contribution in [1.29, 1.82) is 31.6 Å². The molecule has 0 radical (unpaired) electrons. The minimum absolute atomic E-state index is 0.267. The Balaban J connectivity index is 2.14. The molecule has 2 aliphatic rings. The van der Waals surface area contributed by atoms with Crippen LogP contribution in [0.4, 0.5) is 0 Å². The first-order valence-electron chi connectivity index (χ1n) is 11.9. The first-order valence-corrected chi connectivity index (χ1v) is 11.9. The Kier molecular flexibility index (Phi) is 8.60. The molecule has 1 atom stereocenters. The molecule has 0 saturated carbocycles. The van der Waals surface area contributed by atoms with Crippen molar-refractivity contribution in [3.05, 3.63) is 94.2 Å². The minimum atomic E-state index is -0.761. The summed E-state index contributed by atoms with van der Waals surface area (Å²) in [6, 6.07) is 10.7. The second-order valence-corrected chi connectivity index (χ2v) is 8.07. The maximum Gasteiger partial charge on any atom is 0.119 e. The molecule has 1 aliphatic carbocycles. The second-order valence-electron chi connectivity index (χ2n) is 8.07. The van der Waals surface area contributed by atoms with Crippen LogP contribution < -0.4 is 5.32 Å². The lowest BCUT2D eigenvalue weighted by molar-refractivity contribution is 0.704. The molecule has 2 aromatic rings.